The summed E-state index contributed by atoms with van der Waals surface area (Å²) in [5, 5.41) is 19.0. The minimum absolute atomic E-state index is 0.0101. The largest absolute Gasteiger partial charge is 0.481 e. The highest BCUT2D eigenvalue weighted by Crippen LogP contribution is 2.58. The van der Waals surface area contributed by atoms with Crippen molar-refractivity contribution in [3.8, 4) is 0 Å². The van der Waals surface area contributed by atoms with Crippen molar-refractivity contribution < 1.29 is 29.3 Å². The zero-order valence-corrected chi connectivity index (χ0v) is 18.1. The number of aliphatic hydroxyl groups excluding tert-OH is 1. The van der Waals surface area contributed by atoms with E-state index in [1.807, 2.05) is 4.90 Å². The maximum absolute atomic E-state index is 14.0. The molecule has 4 aliphatic rings. The minimum Gasteiger partial charge on any atom is -0.481 e. The van der Waals surface area contributed by atoms with E-state index in [9.17, 15) is 24.6 Å². The van der Waals surface area contributed by atoms with Gasteiger partial charge >= 0.3 is 5.97 Å². The predicted molar refractivity (Wildman–Crippen MR) is 112 cm³/mol. The van der Waals surface area contributed by atoms with E-state index in [0.29, 0.717) is 38.8 Å². The zero-order chi connectivity index (χ0) is 22.2. The summed E-state index contributed by atoms with van der Waals surface area (Å²) in [6, 6.07) is -0.696. The van der Waals surface area contributed by atoms with Crippen molar-refractivity contribution in [1.82, 2.24) is 9.80 Å². The van der Waals surface area contributed by atoms with E-state index < -0.39 is 35.6 Å². The Morgan fingerprint density at radius 3 is 2.61 bits per heavy atom. The molecule has 8 nitrogen and oxygen atoms in total. The third kappa shape index (κ3) is 3.57. The second-order valence-electron chi connectivity index (χ2n) is 9.43. The van der Waals surface area contributed by atoms with Gasteiger partial charge in [0.25, 0.3) is 0 Å². The summed E-state index contributed by atoms with van der Waals surface area (Å²) >= 11 is 0. The predicted octanol–water partition coefficient (Wildman–Crippen LogP) is 1.57. The Bertz CT molecular complexity index is 736. The summed E-state index contributed by atoms with van der Waals surface area (Å²) in [6.45, 7) is 4.57. The Morgan fingerprint density at radius 1 is 1.23 bits per heavy atom. The van der Waals surface area contributed by atoms with Crippen molar-refractivity contribution in [2.75, 3.05) is 19.7 Å². The molecule has 31 heavy (non-hydrogen) atoms. The summed E-state index contributed by atoms with van der Waals surface area (Å²) in [7, 11) is 0. The average molecular weight is 435 g/mol. The standard InChI is InChI=1S/C23H34N2O6/c1-2-12-24(15-8-4-3-5-9-15)21(28)19-23-11-10-16(31-23)17(22(29)30)18(23)20(27)25(19)13-6-7-14-26/h2,15-19,26H,1,3-14H2,(H,29,30)/t16-,17+,18+,19-,23+/m1/s1. The number of fused-ring (bicyclic) bond motifs is 1. The molecule has 4 fully saturated rings. The van der Waals surface area contributed by atoms with Crippen molar-refractivity contribution in [2.45, 2.75) is 81.6 Å². The molecule has 0 aromatic carbocycles. The molecular weight excluding hydrogens is 400 g/mol. The van der Waals surface area contributed by atoms with Gasteiger partial charge in [-0.1, -0.05) is 25.3 Å². The number of nitrogens with zero attached hydrogens (tertiary/aromatic N) is 2. The van der Waals surface area contributed by atoms with E-state index in [4.69, 9.17) is 4.74 Å². The smallest absolute Gasteiger partial charge is 0.310 e. The Labute approximate surface area is 183 Å². The lowest BCUT2D eigenvalue weighted by Crippen LogP contribution is -2.58. The Kier molecular flexibility index (Phi) is 6.40. The number of carboxylic acid groups (broad SMARTS) is 1. The van der Waals surface area contributed by atoms with Gasteiger partial charge in [0.15, 0.2) is 0 Å². The molecule has 0 aromatic rings. The van der Waals surface area contributed by atoms with Crippen LogP contribution in [0.4, 0.5) is 0 Å². The third-order valence-corrected chi connectivity index (χ3v) is 7.75. The summed E-state index contributed by atoms with van der Waals surface area (Å²) in [4.78, 5) is 42.9. The Hall–Kier alpha value is -1.93. The highest BCUT2D eigenvalue weighted by molar-refractivity contribution is 5.98. The van der Waals surface area contributed by atoms with Crippen molar-refractivity contribution >= 4 is 17.8 Å². The lowest BCUT2D eigenvalue weighted by atomic mass is 9.70. The summed E-state index contributed by atoms with van der Waals surface area (Å²) in [5.41, 5.74) is -1.06. The van der Waals surface area contributed by atoms with Crippen LogP contribution in [0.5, 0.6) is 0 Å². The number of carbonyl (C=O) groups is 3. The zero-order valence-electron chi connectivity index (χ0n) is 18.1. The molecule has 8 heteroatoms. The summed E-state index contributed by atoms with van der Waals surface area (Å²) in [5.74, 6) is -3.17. The number of hydrogen-bond donors (Lipinski definition) is 2. The fourth-order valence-electron chi connectivity index (χ4n) is 6.46. The molecular formula is C23H34N2O6. The molecule has 2 amide bonds. The van der Waals surface area contributed by atoms with Crippen molar-refractivity contribution in [3.63, 3.8) is 0 Å². The van der Waals surface area contributed by atoms with Gasteiger partial charge in [0, 0.05) is 25.7 Å². The topological polar surface area (TPSA) is 107 Å². The van der Waals surface area contributed by atoms with Crippen molar-refractivity contribution in [3.05, 3.63) is 12.7 Å². The quantitative estimate of drug-likeness (QED) is 0.421. The molecule has 3 heterocycles. The summed E-state index contributed by atoms with van der Waals surface area (Å²) in [6.07, 6.45) is 8.55. The van der Waals surface area contributed by atoms with E-state index in [1.165, 1.54) is 6.42 Å². The second kappa shape index (κ2) is 8.90. The number of ether oxygens (including phenoxy) is 1. The van der Waals surface area contributed by atoms with Gasteiger partial charge in [0.2, 0.25) is 11.8 Å². The lowest BCUT2D eigenvalue weighted by Gasteiger charge is -2.40. The molecule has 0 aromatic heterocycles. The van der Waals surface area contributed by atoms with Crippen LogP contribution in [0.1, 0.15) is 57.8 Å². The van der Waals surface area contributed by atoms with Gasteiger partial charge in [0.05, 0.1) is 17.9 Å². The highest BCUT2D eigenvalue weighted by atomic mass is 16.5. The first-order valence-corrected chi connectivity index (χ1v) is 11.7. The number of unbranched alkanes of at least 4 members (excludes halogenated alkanes) is 1. The molecule has 2 N–H and O–H groups in total. The number of likely N-dealkylation sites (tertiary alicyclic amines) is 1. The first-order valence-electron chi connectivity index (χ1n) is 11.7. The van der Waals surface area contributed by atoms with Crippen molar-refractivity contribution in [2.24, 2.45) is 11.8 Å². The molecule has 1 spiro atoms. The molecule has 0 unspecified atom stereocenters. The first-order chi connectivity index (χ1) is 15.0. The summed E-state index contributed by atoms with van der Waals surface area (Å²) < 4.78 is 6.25. The SMILES string of the molecule is C=CCN(C(=O)[C@H]1N(CCCCO)C(=O)[C@@H]2[C@@H](C(=O)O)[C@H]3CC[C@]21O3)C1CCCCC1. The van der Waals surface area contributed by atoms with Crippen LogP contribution in [-0.2, 0) is 19.1 Å². The number of aliphatic carboxylic acids is 1. The van der Waals surface area contributed by atoms with Gasteiger partial charge in [0.1, 0.15) is 11.6 Å². The van der Waals surface area contributed by atoms with Crippen LogP contribution in [0.15, 0.2) is 12.7 Å². The van der Waals surface area contributed by atoms with Crippen LogP contribution >= 0.6 is 0 Å². The van der Waals surface area contributed by atoms with Crippen LogP contribution in [0.2, 0.25) is 0 Å². The Balaban J connectivity index is 1.69. The van der Waals surface area contributed by atoms with Gasteiger partial charge in [-0.15, -0.1) is 6.58 Å². The number of rotatable bonds is 9. The van der Waals surface area contributed by atoms with Crippen LogP contribution < -0.4 is 0 Å². The fraction of sp³-hybridized carbons (Fsp3) is 0.783. The van der Waals surface area contributed by atoms with Gasteiger partial charge in [-0.2, -0.15) is 0 Å². The molecule has 0 radical (unpaired) electrons. The van der Waals surface area contributed by atoms with E-state index in [2.05, 4.69) is 6.58 Å². The molecule has 5 atom stereocenters. The van der Waals surface area contributed by atoms with E-state index in [0.717, 1.165) is 25.7 Å². The number of carbonyl (C=O) groups excluding carboxylic acids is 2. The maximum Gasteiger partial charge on any atom is 0.310 e. The molecule has 1 saturated carbocycles. The lowest BCUT2D eigenvalue weighted by molar-refractivity contribution is -0.151. The molecule has 2 bridgehead atoms. The minimum atomic E-state index is -1.06. The molecule has 172 valence electrons. The first kappa shape index (κ1) is 22.3. The third-order valence-electron chi connectivity index (χ3n) is 7.75. The molecule has 3 saturated heterocycles. The van der Waals surface area contributed by atoms with Crippen molar-refractivity contribution in [1.29, 1.82) is 0 Å². The maximum atomic E-state index is 14.0. The van der Waals surface area contributed by atoms with E-state index >= 15 is 0 Å². The second-order valence-corrected chi connectivity index (χ2v) is 9.43. The van der Waals surface area contributed by atoms with Crippen LogP contribution in [0, 0.1) is 11.8 Å². The van der Waals surface area contributed by atoms with Gasteiger partial charge < -0.3 is 24.7 Å². The normalized spacial score (nSPS) is 34.7. The Morgan fingerprint density at radius 2 is 1.97 bits per heavy atom. The van der Waals surface area contributed by atoms with Gasteiger partial charge in [-0.3, -0.25) is 14.4 Å². The number of amides is 2. The van der Waals surface area contributed by atoms with Crippen LogP contribution in [0.3, 0.4) is 0 Å². The number of hydrogen-bond acceptors (Lipinski definition) is 5. The van der Waals surface area contributed by atoms with E-state index in [1.54, 1.807) is 11.0 Å². The average Bonchev–Trinajstić information content (AvgIpc) is 3.40. The van der Waals surface area contributed by atoms with Gasteiger partial charge in [-0.05, 0) is 38.5 Å². The molecule has 3 aliphatic heterocycles. The molecule has 4 rings (SSSR count). The van der Waals surface area contributed by atoms with Gasteiger partial charge in [-0.25, -0.2) is 0 Å². The molecule has 1 aliphatic carbocycles. The van der Waals surface area contributed by atoms with Crippen LogP contribution in [0.25, 0.3) is 0 Å². The van der Waals surface area contributed by atoms with E-state index in [-0.39, 0.29) is 24.5 Å². The number of carboxylic acids is 1. The monoisotopic (exact) mass is 434 g/mol. The van der Waals surface area contributed by atoms with Crippen LogP contribution in [-0.4, -0.2) is 81.3 Å². The highest BCUT2D eigenvalue weighted by Gasteiger charge is 2.74. The fourth-order valence-corrected chi connectivity index (χ4v) is 6.46. The number of aliphatic hydroxyl groups is 1.